The van der Waals surface area contributed by atoms with E-state index in [1.54, 1.807) is 10.9 Å². The van der Waals surface area contributed by atoms with Crippen LogP contribution in [0.5, 0.6) is 0 Å². The summed E-state index contributed by atoms with van der Waals surface area (Å²) in [5.41, 5.74) is 1.58. The molecule has 0 spiro atoms. The molecule has 0 bridgehead atoms. The standard InChI is InChI=1S/C11H10N4/c1-10-5-6-11(14-13-10)4-2-8-15-9-3-7-12-15/h3,5-7,9H,8H2,1H3. The average molecular weight is 198 g/mol. The molecule has 0 radical (unpaired) electrons. The lowest BCUT2D eigenvalue weighted by molar-refractivity contribution is 0.715. The molecule has 0 aliphatic carbocycles. The molecule has 2 aromatic heterocycles. The topological polar surface area (TPSA) is 43.6 Å². The van der Waals surface area contributed by atoms with E-state index in [4.69, 9.17) is 0 Å². The largest absolute Gasteiger partial charge is 0.261 e. The van der Waals surface area contributed by atoms with Gasteiger partial charge in [0, 0.05) is 12.4 Å². The van der Waals surface area contributed by atoms with Crippen molar-refractivity contribution in [3.8, 4) is 11.8 Å². The Morgan fingerprint density at radius 2 is 2.27 bits per heavy atom. The SMILES string of the molecule is Cc1ccc(C#CCn2cccn2)nn1. The first kappa shape index (κ1) is 9.41. The number of aryl methyl sites for hydroxylation is 1. The lowest BCUT2D eigenvalue weighted by Gasteiger charge is -1.91. The van der Waals surface area contributed by atoms with Gasteiger partial charge in [-0.2, -0.15) is 10.2 Å². The molecule has 4 heteroatoms. The Morgan fingerprint density at radius 3 is 2.93 bits per heavy atom. The molecular weight excluding hydrogens is 188 g/mol. The van der Waals surface area contributed by atoms with Gasteiger partial charge in [-0.25, -0.2) is 0 Å². The molecule has 2 aromatic rings. The van der Waals surface area contributed by atoms with E-state index in [1.165, 1.54) is 0 Å². The van der Waals surface area contributed by atoms with Crippen LogP contribution in [-0.2, 0) is 6.54 Å². The molecular formula is C11H10N4. The highest BCUT2D eigenvalue weighted by Gasteiger charge is 1.89. The molecule has 0 unspecified atom stereocenters. The van der Waals surface area contributed by atoms with Gasteiger partial charge in [0.2, 0.25) is 0 Å². The average Bonchev–Trinajstić information content (AvgIpc) is 2.74. The third-order valence-electron chi connectivity index (χ3n) is 1.81. The second kappa shape index (κ2) is 4.38. The zero-order valence-electron chi connectivity index (χ0n) is 8.38. The molecule has 0 saturated carbocycles. The first-order chi connectivity index (χ1) is 7.34. The summed E-state index contributed by atoms with van der Waals surface area (Å²) in [6.45, 7) is 2.47. The number of hydrogen-bond donors (Lipinski definition) is 0. The van der Waals surface area contributed by atoms with Crippen molar-refractivity contribution in [3.05, 3.63) is 42.0 Å². The van der Waals surface area contributed by atoms with E-state index in [-0.39, 0.29) is 0 Å². The fourth-order valence-electron chi connectivity index (χ4n) is 1.07. The quantitative estimate of drug-likeness (QED) is 0.643. The van der Waals surface area contributed by atoms with Crippen LogP contribution in [-0.4, -0.2) is 20.0 Å². The van der Waals surface area contributed by atoms with E-state index >= 15 is 0 Å². The van der Waals surface area contributed by atoms with Crippen molar-refractivity contribution < 1.29 is 0 Å². The van der Waals surface area contributed by atoms with Crippen molar-refractivity contribution in [1.82, 2.24) is 20.0 Å². The van der Waals surface area contributed by atoms with E-state index in [9.17, 15) is 0 Å². The highest BCUT2D eigenvalue weighted by Crippen LogP contribution is 1.92. The second-order valence-corrected chi connectivity index (χ2v) is 3.07. The second-order valence-electron chi connectivity index (χ2n) is 3.07. The van der Waals surface area contributed by atoms with Gasteiger partial charge in [-0.3, -0.25) is 4.68 Å². The van der Waals surface area contributed by atoms with Crippen LogP contribution in [0.4, 0.5) is 0 Å². The van der Waals surface area contributed by atoms with Gasteiger partial charge >= 0.3 is 0 Å². The third kappa shape index (κ3) is 2.64. The van der Waals surface area contributed by atoms with Crippen LogP contribution in [0.1, 0.15) is 11.4 Å². The van der Waals surface area contributed by atoms with Crippen molar-refractivity contribution in [2.75, 3.05) is 0 Å². The third-order valence-corrected chi connectivity index (χ3v) is 1.81. The lowest BCUT2D eigenvalue weighted by atomic mass is 10.3. The van der Waals surface area contributed by atoms with E-state index in [1.807, 2.05) is 31.3 Å². The Balaban J connectivity index is 2.03. The summed E-state index contributed by atoms with van der Waals surface area (Å²) in [6, 6.07) is 5.62. The smallest absolute Gasteiger partial charge is 0.135 e. The summed E-state index contributed by atoms with van der Waals surface area (Å²) in [7, 11) is 0. The zero-order chi connectivity index (χ0) is 10.5. The van der Waals surface area contributed by atoms with Gasteiger partial charge in [0.25, 0.3) is 0 Å². The minimum absolute atomic E-state index is 0.572. The predicted octanol–water partition coefficient (Wildman–Crippen LogP) is 1.03. The molecule has 4 nitrogen and oxygen atoms in total. The fourth-order valence-corrected chi connectivity index (χ4v) is 1.07. The van der Waals surface area contributed by atoms with Crippen LogP contribution in [0.25, 0.3) is 0 Å². The maximum atomic E-state index is 4.04. The Bertz CT molecular complexity index is 474. The van der Waals surface area contributed by atoms with Crippen molar-refractivity contribution in [1.29, 1.82) is 0 Å². The van der Waals surface area contributed by atoms with Crippen molar-refractivity contribution in [2.24, 2.45) is 0 Å². The highest BCUT2D eigenvalue weighted by molar-refractivity contribution is 5.26. The molecule has 0 aliphatic rings. The molecule has 74 valence electrons. The normalized spacial score (nSPS) is 9.40. The summed E-state index contributed by atoms with van der Waals surface area (Å²) < 4.78 is 1.76. The number of aromatic nitrogens is 4. The minimum atomic E-state index is 0.572. The Kier molecular flexibility index (Phi) is 2.75. The summed E-state index contributed by atoms with van der Waals surface area (Å²) in [6.07, 6.45) is 3.60. The summed E-state index contributed by atoms with van der Waals surface area (Å²) in [5.74, 6) is 5.90. The molecule has 0 aromatic carbocycles. The molecule has 0 aliphatic heterocycles. The predicted molar refractivity (Wildman–Crippen MR) is 55.9 cm³/mol. The first-order valence-corrected chi connectivity index (χ1v) is 4.61. The molecule has 0 saturated heterocycles. The number of rotatable bonds is 1. The Labute approximate surface area is 88.0 Å². The van der Waals surface area contributed by atoms with Crippen molar-refractivity contribution in [3.63, 3.8) is 0 Å². The van der Waals surface area contributed by atoms with Crippen LogP contribution in [0.3, 0.4) is 0 Å². The molecule has 0 fully saturated rings. The Morgan fingerprint density at radius 1 is 1.33 bits per heavy atom. The van der Waals surface area contributed by atoms with E-state index in [0.29, 0.717) is 12.2 Å². The van der Waals surface area contributed by atoms with Gasteiger partial charge in [-0.05, 0) is 31.0 Å². The number of nitrogens with zero attached hydrogens (tertiary/aromatic N) is 4. The van der Waals surface area contributed by atoms with Gasteiger partial charge in [0.15, 0.2) is 0 Å². The maximum absolute atomic E-state index is 4.04. The van der Waals surface area contributed by atoms with E-state index < -0.39 is 0 Å². The maximum Gasteiger partial charge on any atom is 0.135 e. The molecule has 2 rings (SSSR count). The fraction of sp³-hybridized carbons (Fsp3) is 0.182. The lowest BCUT2D eigenvalue weighted by Crippen LogP contribution is -1.95. The summed E-state index contributed by atoms with van der Waals surface area (Å²) in [5, 5.41) is 11.9. The van der Waals surface area contributed by atoms with Crippen LogP contribution in [0.2, 0.25) is 0 Å². The first-order valence-electron chi connectivity index (χ1n) is 4.61. The van der Waals surface area contributed by atoms with E-state index in [0.717, 1.165) is 5.69 Å². The summed E-state index contributed by atoms with van der Waals surface area (Å²) >= 11 is 0. The van der Waals surface area contributed by atoms with Crippen molar-refractivity contribution in [2.45, 2.75) is 13.5 Å². The molecule has 0 amide bonds. The van der Waals surface area contributed by atoms with Crippen LogP contribution in [0.15, 0.2) is 30.6 Å². The van der Waals surface area contributed by atoms with Crippen LogP contribution < -0.4 is 0 Å². The van der Waals surface area contributed by atoms with E-state index in [2.05, 4.69) is 27.1 Å². The molecule has 0 atom stereocenters. The van der Waals surface area contributed by atoms with Crippen LogP contribution in [0, 0.1) is 18.8 Å². The number of hydrogen-bond acceptors (Lipinski definition) is 3. The van der Waals surface area contributed by atoms with Gasteiger partial charge in [-0.1, -0.05) is 5.92 Å². The summed E-state index contributed by atoms with van der Waals surface area (Å²) in [4.78, 5) is 0. The molecule has 15 heavy (non-hydrogen) atoms. The van der Waals surface area contributed by atoms with Gasteiger partial charge < -0.3 is 0 Å². The zero-order valence-corrected chi connectivity index (χ0v) is 8.38. The minimum Gasteiger partial charge on any atom is -0.261 e. The Hall–Kier alpha value is -2.15. The molecule has 0 N–H and O–H groups in total. The van der Waals surface area contributed by atoms with Crippen LogP contribution >= 0.6 is 0 Å². The highest BCUT2D eigenvalue weighted by atomic mass is 15.3. The van der Waals surface area contributed by atoms with Gasteiger partial charge in [0.1, 0.15) is 12.2 Å². The van der Waals surface area contributed by atoms with Gasteiger partial charge in [0.05, 0.1) is 5.69 Å². The van der Waals surface area contributed by atoms with Crippen molar-refractivity contribution >= 4 is 0 Å². The van der Waals surface area contributed by atoms with Gasteiger partial charge in [-0.15, -0.1) is 5.10 Å². The molecule has 2 heterocycles. The monoisotopic (exact) mass is 198 g/mol.